The van der Waals surface area contributed by atoms with Crippen LogP contribution < -0.4 is 5.56 Å². The van der Waals surface area contributed by atoms with Gasteiger partial charge in [0.1, 0.15) is 4.83 Å². The zero-order chi connectivity index (χ0) is 16.6. The first kappa shape index (κ1) is 16.0. The first-order chi connectivity index (χ1) is 11.0. The number of carbonyl (C=O) groups excluding carboxylic acids is 1. The summed E-state index contributed by atoms with van der Waals surface area (Å²) in [7, 11) is 0. The number of hydrogen-bond donors (Lipinski definition) is 1. The third-order valence-electron chi connectivity index (χ3n) is 3.80. The maximum absolute atomic E-state index is 12.7. The summed E-state index contributed by atoms with van der Waals surface area (Å²) in [4.78, 5) is 34.2. The van der Waals surface area contributed by atoms with Gasteiger partial charge in [-0.25, -0.2) is 4.98 Å². The van der Waals surface area contributed by atoms with E-state index in [1.807, 2.05) is 20.8 Å². The van der Waals surface area contributed by atoms with Gasteiger partial charge in [-0.15, -0.1) is 11.3 Å². The molecule has 5 nitrogen and oxygen atoms in total. The number of nitrogens with one attached hydrogen (secondary N) is 1. The van der Waals surface area contributed by atoms with E-state index in [1.165, 1.54) is 23.1 Å². The number of hydrogen-bond acceptors (Lipinski definition) is 5. The van der Waals surface area contributed by atoms with E-state index >= 15 is 0 Å². The molecule has 0 saturated heterocycles. The molecule has 3 aromatic rings. The summed E-state index contributed by atoms with van der Waals surface area (Å²) in [6, 6.07) is 3.54. The summed E-state index contributed by atoms with van der Waals surface area (Å²) in [5.41, 5.74) is 1.56. The van der Waals surface area contributed by atoms with Crippen molar-refractivity contribution in [2.45, 2.75) is 32.5 Å². The fourth-order valence-electron chi connectivity index (χ4n) is 2.41. The molecule has 23 heavy (non-hydrogen) atoms. The van der Waals surface area contributed by atoms with Crippen LogP contribution in [0.1, 0.15) is 27.9 Å². The Morgan fingerprint density at radius 2 is 2.22 bits per heavy atom. The fraction of sp³-hybridized carbons (Fsp3) is 0.312. The molecule has 0 aliphatic rings. The van der Waals surface area contributed by atoms with Gasteiger partial charge in [-0.3, -0.25) is 14.2 Å². The molecular formula is C16H17N3O2S2. The Morgan fingerprint density at radius 3 is 2.87 bits per heavy atom. The number of aromatic amines is 1. The molecule has 0 spiro atoms. The summed E-state index contributed by atoms with van der Waals surface area (Å²) in [5, 5.41) is 1.31. The Kier molecular flexibility index (Phi) is 4.41. The van der Waals surface area contributed by atoms with Crippen LogP contribution in [-0.2, 0) is 6.54 Å². The van der Waals surface area contributed by atoms with Gasteiger partial charge >= 0.3 is 0 Å². The summed E-state index contributed by atoms with van der Waals surface area (Å²) >= 11 is 2.84. The van der Waals surface area contributed by atoms with Gasteiger partial charge in [0.15, 0.2) is 10.9 Å². The molecule has 0 saturated carbocycles. The molecule has 0 aromatic carbocycles. The monoisotopic (exact) mass is 347 g/mol. The van der Waals surface area contributed by atoms with Crippen molar-refractivity contribution in [3.05, 3.63) is 44.8 Å². The van der Waals surface area contributed by atoms with Crippen molar-refractivity contribution in [1.82, 2.24) is 14.5 Å². The number of thioether (sulfide) groups is 1. The van der Waals surface area contributed by atoms with Gasteiger partial charge in [0, 0.05) is 17.6 Å². The Morgan fingerprint density at radius 1 is 1.43 bits per heavy atom. The van der Waals surface area contributed by atoms with Crippen molar-refractivity contribution >= 4 is 39.1 Å². The second-order valence-electron chi connectivity index (χ2n) is 5.20. The normalized spacial score (nSPS) is 11.3. The minimum Gasteiger partial charge on any atom is -0.359 e. The molecule has 0 radical (unpaired) electrons. The van der Waals surface area contributed by atoms with Crippen molar-refractivity contribution < 1.29 is 4.79 Å². The quantitative estimate of drug-likeness (QED) is 0.436. The van der Waals surface area contributed by atoms with E-state index in [9.17, 15) is 9.59 Å². The molecule has 3 heterocycles. The number of ketones is 1. The van der Waals surface area contributed by atoms with Crippen molar-refractivity contribution in [1.29, 1.82) is 0 Å². The van der Waals surface area contributed by atoms with Crippen LogP contribution in [0.5, 0.6) is 0 Å². The predicted octanol–water partition coefficient (Wildman–Crippen LogP) is 3.40. The summed E-state index contributed by atoms with van der Waals surface area (Å²) < 4.78 is 1.65. The largest absolute Gasteiger partial charge is 0.359 e. The summed E-state index contributed by atoms with van der Waals surface area (Å²) in [6.45, 7) is 6.41. The van der Waals surface area contributed by atoms with E-state index in [0.29, 0.717) is 22.8 Å². The number of Topliss-reactive ketones (excluding diaryl/α,β-unsaturated/α-hetero) is 1. The van der Waals surface area contributed by atoms with Gasteiger partial charge in [-0.2, -0.15) is 0 Å². The molecule has 0 aliphatic carbocycles. The first-order valence-electron chi connectivity index (χ1n) is 7.32. The van der Waals surface area contributed by atoms with Crippen LogP contribution in [0, 0.1) is 13.8 Å². The molecule has 120 valence electrons. The van der Waals surface area contributed by atoms with Gasteiger partial charge in [0.25, 0.3) is 5.56 Å². The fourth-order valence-corrected chi connectivity index (χ4v) is 4.43. The number of fused-ring (bicyclic) bond motifs is 1. The van der Waals surface area contributed by atoms with Gasteiger partial charge in [-0.05, 0) is 38.5 Å². The van der Waals surface area contributed by atoms with E-state index in [4.69, 9.17) is 0 Å². The summed E-state index contributed by atoms with van der Waals surface area (Å²) in [5.74, 6) is 0.248. The lowest BCUT2D eigenvalue weighted by Gasteiger charge is -2.09. The highest BCUT2D eigenvalue weighted by atomic mass is 32.2. The molecular weight excluding hydrogens is 330 g/mol. The smallest absolute Gasteiger partial charge is 0.263 e. The number of H-pyrrole nitrogens is 1. The number of carbonyl (C=O) groups is 1. The average molecular weight is 347 g/mol. The van der Waals surface area contributed by atoms with Crippen LogP contribution in [0.3, 0.4) is 0 Å². The van der Waals surface area contributed by atoms with Crippen LogP contribution in [0.25, 0.3) is 10.2 Å². The van der Waals surface area contributed by atoms with Crippen LogP contribution in [0.2, 0.25) is 0 Å². The van der Waals surface area contributed by atoms with E-state index in [2.05, 4.69) is 9.97 Å². The third kappa shape index (κ3) is 2.86. The first-order valence-corrected chi connectivity index (χ1v) is 9.13. The third-order valence-corrected chi connectivity index (χ3v) is 5.88. The predicted molar refractivity (Wildman–Crippen MR) is 94.9 cm³/mol. The van der Waals surface area contributed by atoms with E-state index in [-0.39, 0.29) is 17.1 Å². The molecule has 0 unspecified atom stereocenters. The SMILES string of the molecule is CCn1c(SCC(=O)c2ccc[nH]2)nc2sc(C)c(C)c2c1=O. The lowest BCUT2D eigenvalue weighted by atomic mass is 10.2. The molecule has 7 heteroatoms. The molecule has 0 amide bonds. The highest BCUT2D eigenvalue weighted by molar-refractivity contribution is 7.99. The molecule has 3 rings (SSSR count). The Hall–Kier alpha value is -1.86. The van der Waals surface area contributed by atoms with Crippen LogP contribution in [0.15, 0.2) is 28.3 Å². The van der Waals surface area contributed by atoms with Crippen LogP contribution >= 0.6 is 23.1 Å². The zero-order valence-electron chi connectivity index (χ0n) is 13.2. The highest BCUT2D eigenvalue weighted by Gasteiger charge is 2.17. The molecule has 0 atom stereocenters. The lowest BCUT2D eigenvalue weighted by Crippen LogP contribution is -2.22. The van der Waals surface area contributed by atoms with E-state index in [1.54, 1.807) is 22.9 Å². The van der Waals surface area contributed by atoms with Crippen molar-refractivity contribution in [3.8, 4) is 0 Å². The lowest BCUT2D eigenvalue weighted by molar-refractivity contribution is 0.101. The van der Waals surface area contributed by atoms with Crippen molar-refractivity contribution in [2.75, 3.05) is 5.75 Å². The zero-order valence-corrected chi connectivity index (χ0v) is 14.8. The Bertz CT molecular complexity index is 923. The van der Waals surface area contributed by atoms with Gasteiger partial charge in [-0.1, -0.05) is 11.8 Å². The topological polar surface area (TPSA) is 67.8 Å². The molecule has 0 fully saturated rings. The maximum Gasteiger partial charge on any atom is 0.263 e. The average Bonchev–Trinajstić information content (AvgIpc) is 3.14. The minimum absolute atomic E-state index is 0.00413. The molecule has 0 aliphatic heterocycles. The number of aromatic nitrogens is 3. The van der Waals surface area contributed by atoms with E-state index < -0.39 is 0 Å². The van der Waals surface area contributed by atoms with Gasteiger partial charge in [0.2, 0.25) is 0 Å². The standard InChI is InChI=1S/C16H17N3O2S2/c1-4-19-15(21)13-9(2)10(3)23-14(13)18-16(19)22-8-12(20)11-6-5-7-17-11/h5-7,17H,4,8H2,1-3H3. The summed E-state index contributed by atoms with van der Waals surface area (Å²) in [6.07, 6.45) is 1.72. The van der Waals surface area contributed by atoms with E-state index in [0.717, 1.165) is 15.3 Å². The second kappa shape index (κ2) is 6.33. The van der Waals surface area contributed by atoms with Crippen molar-refractivity contribution in [2.24, 2.45) is 0 Å². The minimum atomic E-state index is -0.0193. The number of aryl methyl sites for hydroxylation is 2. The Balaban J connectivity index is 1.97. The number of nitrogens with zero attached hydrogens (tertiary/aromatic N) is 2. The van der Waals surface area contributed by atoms with Crippen LogP contribution in [-0.4, -0.2) is 26.1 Å². The second-order valence-corrected chi connectivity index (χ2v) is 7.35. The van der Waals surface area contributed by atoms with Gasteiger partial charge < -0.3 is 4.98 Å². The number of rotatable bonds is 5. The number of thiophene rings is 1. The molecule has 1 N–H and O–H groups in total. The molecule has 0 bridgehead atoms. The van der Waals surface area contributed by atoms with Crippen LogP contribution in [0.4, 0.5) is 0 Å². The van der Waals surface area contributed by atoms with Gasteiger partial charge in [0.05, 0.1) is 16.8 Å². The maximum atomic E-state index is 12.7. The Labute approximate surface area is 141 Å². The van der Waals surface area contributed by atoms with Crippen molar-refractivity contribution in [3.63, 3.8) is 0 Å². The highest BCUT2D eigenvalue weighted by Crippen LogP contribution is 2.28. The molecule has 3 aromatic heterocycles.